The van der Waals surface area contributed by atoms with Crippen molar-refractivity contribution in [2.75, 3.05) is 13.1 Å². The quantitative estimate of drug-likeness (QED) is 0.633. The fourth-order valence-electron chi connectivity index (χ4n) is 2.49. The van der Waals surface area contributed by atoms with Gasteiger partial charge in [-0.1, -0.05) is 0 Å². The smallest absolute Gasteiger partial charge is 0.0125 e. The maximum absolute atomic E-state index is 3.50. The molecule has 0 radical (unpaired) electrons. The van der Waals surface area contributed by atoms with Gasteiger partial charge in [-0.2, -0.15) is 0 Å². The fourth-order valence-corrected chi connectivity index (χ4v) is 2.49. The number of nitrogens with zero attached hydrogens (tertiary/aromatic N) is 1. The van der Waals surface area contributed by atoms with Gasteiger partial charge in [-0.15, -0.1) is 0 Å². The average molecular weight is 168 g/mol. The summed E-state index contributed by atoms with van der Waals surface area (Å²) in [5.41, 5.74) is 0. The summed E-state index contributed by atoms with van der Waals surface area (Å²) in [7, 11) is 0. The van der Waals surface area contributed by atoms with E-state index in [0.717, 1.165) is 18.1 Å². The van der Waals surface area contributed by atoms with E-state index in [1.165, 1.54) is 32.4 Å². The molecule has 2 nitrogen and oxygen atoms in total. The van der Waals surface area contributed by atoms with Crippen LogP contribution in [0.4, 0.5) is 0 Å². The molecular formula is C10H20N2. The van der Waals surface area contributed by atoms with Crippen molar-refractivity contribution in [3.63, 3.8) is 0 Å². The fraction of sp³-hybridized carbons (Fsp3) is 1.00. The lowest BCUT2D eigenvalue weighted by Crippen LogP contribution is -2.56. The van der Waals surface area contributed by atoms with Gasteiger partial charge in [0.2, 0.25) is 0 Å². The first kappa shape index (κ1) is 8.52. The maximum atomic E-state index is 3.50. The van der Waals surface area contributed by atoms with E-state index >= 15 is 0 Å². The van der Waals surface area contributed by atoms with E-state index < -0.39 is 0 Å². The molecule has 2 aliphatic rings. The van der Waals surface area contributed by atoms with Crippen molar-refractivity contribution >= 4 is 0 Å². The van der Waals surface area contributed by atoms with Crippen LogP contribution in [0.25, 0.3) is 0 Å². The Labute approximate surface area is 75.3 Å². The van der Waals surface area contributed by atoms with Crippen molar-refractivity contribution in [2.45, 2.75) is 51.2 Å². The Kier molecular flexibility index (Phi) is 2.37. The second kappa shape index (κ2) is 3.35. The molecule has 1 N–H and O–H groups in total. The zero-order chi connectivity index (χ0) is 8.55. The third kappa shape index (κ3) is 1.50. The van der Waals surface area contributed by atoms with Gasteiger partial charge in [0, 0.05) is 24.7 Å². The molecule has 2 aliphatic heterocycles. The lowest BCUT2D eigenvalue weighted by molar-refractivity contribution is 0.0310. The van der Waals surface area contributed by atoms with Crippen LogP contribution in [0.15, 0.2) is 0 Å². The van der Waals surface area contributed by atoms with E-state index in [1.807, 2.05) is 0 Å². The molecule has 3 unspecified atom stereocenters. The second-order valence-corrected chi connectivity index (χ2v) is 4.41. The van der Waals surface area contributed by atoms with Gasteiger partial charge in [0.05, 0.1) is 0 Å². The molecule has 2 fully saturated rings. The van der Waals surface area contributed by atoms with Crippen LogP contribution in [0.1, 0.15) is 33.1 Å². The zero-order valence-corrected chi connectivity index (χ0v) is 8.21. The second-order valence-electron chi connectivity index (χ2n) is 4.41. The Balaban J connectivity index is 1.86. The topological polar surface area (TPSA) is 15.3 Å². The van der Waals surface area contributed by atoms with Crippen molar-refractivity contribution < 1.29 is 0 Å². The first-order chi connectivity index (χ1) is 5.77. The van der Waals surface area contributed by atoms with Crippen LogP contribution in [-0.2, 0) is 0 Å². The van der Waals surface area contributed by atoms with Crippen molar-refractivity contribution in [3.8, 4) is 0 Å². The highest BCUT2D eigenvalue weighted by Gasteiger charge is 2.32. The van der Waals surface area contributed by atoms with E-state index in [9.17, 15) is 0 Å². The van der Waals surface area contributed by atoms with Crippen LogP contribution >= 0.6 is 0 Å². The Morgan fingerprint density at radius 1 is 1.25 bits per heavy atom. The van der Waals surface area contributed by atoms with Crippen molar-refractivity contribution in [1.29, 1.82) is 0 Å². The number of hydrogen-bond donors (Lipinski definition) is 1. The minimum Gasteiger partial charge on any atom is -0.314 e. The Morgan fingerprint density at radius 2 is 2.08 bits per heavy atom. The predicted octanol–water partition coefficient (Wildman–Crippen LogP) is 1.22. The molecule has 70 valence electrons. The van der Waals surface area contributed by atoms with E-state index in [4.69, 9.17) is 0 Å². The maximum Gasteiger partial charge on any atom is 0.0125 e. The van der Waals surface area contributed by atoms with E-state index in [2.05, 4.69) is 24.1 Å². The number of rotatable bonds is 1. The van der Waals surface area contributed by atoms with Gasteiger partial charge in [0.1, 0.15) is 0 Å². The molecule has 0 saturated carbocycles. The van der Waals surface area contributed by atoms with Crippen LogP contribution in [0, 0.1) is 0 Å². The molecule has 2 rings (SSSR count). The SMILES string of the molecule is CC1CC(N2CCC2C)CCN1. The molecule has 0 aromatic rings. The summed E-state index contributed by atoms with van der Waals surface area (Å²) < 4.78 is 0. The summed E-state index contributed by atoms with van der Waals surface area (Å²) >= 11 is 0. The standard InChI is InChI=1S/C10H20N2/c1-8-7-10(3-5-11-8)12-6-4-9(12)2/h8-11H,3-7H2,1-2H3. The largest absolute Gasteiger partial charge is 0.314 e. The monoisotopic (exact) mass is 168 g/mol. The van der Waals surface area contributed by atoms with Gasteiger partial charge < -0.3 is 5.32 Å². The summed E-state index contributed by atoms with van der Waals surface area (Å²) in [5.74, 6) is 0. The first-order valence-electron chi connectivity index (χ1n) is 5.26. The van der Waals surface area contributed by atoms with E-state index in [1.54, 1.807) is 0 Å². The molecule has 0 aromatic carbocycles. The van der Waals surface area contributed by atoms with Crippen LogP contribution < -0.4 is 5.32 Å². The van der Waals surface area contributed by atoms with Gasteiger partial charge in [-0.3, -0.25) is 4.90 Å². The first-order valence-corrected chi connectivity index (χ1v) is 5.26. The van der Waals surface area contributed by atoms with Gasteiger partial charge in [-0.25, -0.2) is 0 Å². The van der Waals surface area contributed by atoms with E-state index in [0.29, 0.717) is 0 Å². The molecule has 12 heavy (non-hydrogen) atoms. The minimum absolute atomic E-state index is 0.733. The van der Waals surface area contributed by atoms with Gasteiger partial charge in [0.25, 0.3) is 0 Å². The van der Waals surface area contributed by atoms with Crippen LogP contribution in [0.2, 0.25) is 0 Å². The summed E-state index contributed by atoms with van der Waals surface area (Å²) in [4.78, 5) is 2.68. The third-order valence-corrected chi connectivity index (χ3v) is 3.44. The van der Waals surface area contributed by atoms with Crippen LogP contribution in [0.3, 0.4) is 0 Å². The van der Waals surface area contributed by atoms with Crippen molar-refractivity contribution in [2.24, 2.45) is 0 Å². The average Bonchev–Trinajstić information content (AvgIpc) is 2.02. The summed E-state index contributed by atoms with van der Waals surface area (Å²) in [6.45, 7) is 7.22. The number of likely N-dealkylation sites (tertiary alicyclic amines) is 1. The third-order valence-electron chi connectivity index (χ3n) is 3.44. The van der Waals surface area contributed by atoms with Gasteiger partial charge >= 0.3 is 0 Å². The summed E-state index contributed by atoms with van der Waals surface area (Å²) in [6, 6.07) is 2.47. The predicted molar refractivity (Wildman–Crippen MR) is 51.3 cm³/mol. The Morgan fingerprint density at radius 3 is 2.58 bits per heavy atom. The van der Waals surface area contributed by atoms with Gasteiger partial charge in [0.15, 0.2) is 0 Å². The molecule has 0 aliphatic carbocycles. The highest BCUT2D eigenvalue weighted by molar-refractivity contribution is 4.89. The molecule has 2 heterocycles. The summed E-state index contributed by atoms with van der Waals surface area (Å²) in [5, 5.41) is 3.50. The van der Waals surface area contributed by atoms with Crippen LogP contribution in [-0.4, -0.2) is 36.1 Å². The molecule has 0 aromatic heterocycles. The van der Waals surface area contributed by atoms with Crippen molar-refractivity contribution in [3.05, 3.63) is 0 Å². The number of piperidine rings is 1. The minimum atomic E-state index is 0.733. The summed E-state index contributed by atoms with van der Waals surface area (Å²) in [6.07, 6.45) is 4.12. The molecule has 0 bridgehead atoms. The highest BCUT2D eigenvalue weighted by atomic mass is 15.2. The Hall–Kier alpha value is -0.0800. The molecule has 2 saturated heterocycles. The number of hydrogen-bond acceptors (Lipinski definition) is 2. The molecular weight excluding hydrogens is 148 g/mol. The highest BCUT2D eigenvalue weighted by Crippen LogP contribution is 2.25. The number of nitrogens with one attached hydrogen (secondary N) is 1. The zero-order valence-electron chi connectivity index (χ0n) is 8.21. The van der Waals surface area contributed by atoms with E-state index in [-0.39, 0.29) is 0 Å². The Bertz CT molecular complexity index is 158. The molecule has 0 amide bonds. The van der Waals surface area contributed by atoms with Crippen molar-refractivity contribution in [1.82, 2.24) is 10.2 Å². The molecule has 2 heteroatoms. The lowest BCUT2D eigenvalue weighted by atomic mass is 9.93. The van der Waals surface area contributed by atoms with Crippen LogP contribution in [0.5, 0.6) is 0 Å². The van der Waals surface area contributed by atoms with Gasteiger partial charge in [-0.05, 0) is 39.7 Å². The normalized spacial score (nSPS) is 44.0. The lowest BCUT2D eigenvalue weighted by Gasteiger charge is -2.47. The molecule has 0 spiro atoms. The molecule has 3 atom stereocenters.